The van der Waals surface area contributed by atoms with E-state index >= 15 is 0 Å². The summed E-state index contributed by atoms with van der Waals surface area (Å²) >= 11 is 0. The second-order valence-electron chi connectivity index (χ2n) is 6.78. The van der Waals surface area contributed by atoms with Crippen LogP contribution in [0, 0.1) is 12.8 Å². The molecule has 1 amide bonds. The summed E-state index contributed by atoms with van der Waals surface area (Å²) in [4.78, 5) is 14.7. The molecule has 4 rings (SSSR count). The second kappa shape index (κ2) is 6.40. The van der Waals surface area contributed by atoms with E-state index in [1.54, 1.807) is 0 Å². The molecule has 0 bridgehead atoms. The lowest BCUT2D eigenvalue weighted by molar-refractivity contribution is -0.136. The minimum Gasteiger partial charge on any atom is -0.381 e. The van der Waals surface area contributed by atoms with E-state index in [2.05, 4.69) is 41.9 Å². The van der Waals surface area contributed by atoms with Crippen molar-refractivity contribution in [1.82, 2.24) is 14.7 Å². The fourth-order valence-corrected chi connectivity index (χ4v) is 3.50. The van der Waals surface area contributed by atoms with Gasteiger partial charge in [-0.05, 0) is 25.8 Å². The number of rotatable bonds is 2. The minimum atomic E-state index is 0.0380. The molecule has 0 radical (unpaired) electrons. The van der Waals surface area contributed by atoms with Crippen molar-refractivity contribution in [1.29, 1.82) is 0 Å². The highest BCUT2D eigenvalue weighted by Crippen LogP contribution is 2.24. The van der Waals surface area contributed by atoms with Gasteiger partial charge in [-0.1, -0.05) is 29.8 Å². The molecule has 1 fully saturated rings. The topological polar surface area (TPSA) is 47.4 Å². The Morgan fingerprint density at radius 2 is 2.08 bits per heavy atom. The summed E-state index contributed by atoms with van der Waals surface area (Å²) in [6.45, 7) is 5.68. The Bertz CT molecular complexity index is 730. The first kappa shape index (κ1) is 15.4. The molecule has 1 aromatic carbocycles. The van der Waals surface area contributed by atoms with Gasteiger partial charge in [0, 0.05) is 25.3 Å². The van der Waals surface area contributed by atoms with E-state index < -0.39 is 0 Å². The van der Waals surface area contributed by atoms with Crippen molar-refractivity contribution in [3.63, 3.8) is 0 Å². The third-order valence-corrected chi connectivity index (χ3v) is 4.95. The number of benzene rings is 1. The zero-order chi connectivity index (χ0) is 16.5. The van der Waals surface area contributed by atoms with E-state index in [1.165, 1.54) is 5.56 Å². The van der Waals surface area contributed by atoms with Crippen LogP contribution in [-0.4, -0.2) is 40.3 Å². The average molecular weight is 325 g/mol. The lowest BCUT2D eigenvalue weighted by atomic mass is 10.1. The van der Waals surface area contributed by atoms with Gasteiger partial charge in [0.2, 0.25) is 5.91 Å². The summed E-state index contributed by atoms with van der Waals surface area (Å²) in [5, 5.41) is 4.76. The number of aromatic nitrogens is 2. The molecule has 1 atom stereocenters. The van der Waals surface area contributed by atoms with Gasteiger partial charge in [-0.3, -0.25) is 9.48 Å². The monoisotopic (exact) mass is 325 g/mol. The molecular weight excluding hydrogens is 302 g/mol. The van der Waals surface area contributed by atoms with Gasteiger partial charge < -0.3 is 9.64 Å². The number of carbonyl (C=O) groups excluding carboxylic acids is 1. The average Bonchev–Trinajstić information content (AvgIpc) is 3.21. The Balaban J connectivity index is 1.56. The number of carbonyl (C=O) groups is 1. The maximum absolute atomic E-state index is 12.7. The van der Waals surface area contributed by atoms with Crippen molar-refractivity contribution >= 4 is 5.91 Å². The van der Waals surface area contributed by atoms with Gasteiger partial charge in [0.25, 0.3) is 0 Å². The Morgan fingerprint density at radius 1 is 1.25 bits per heavy atom. The van der Waals surface area contributed by atoms with Crippen LogP contribution in [0.1, 0.15) is 24.1 Å². The summed E-state index contributed by atoms with van der Waals surface area (Å²) in [7, 11) is 0. The van der Waals surface area contributed by atoms with Gasteiger partial charge in [0.1, 0.15) is 0 Å². The van der Waals surface area contributed by atoms with Crippen LogP contribution >= 0.6 is 0 Å². The van der Waals surface area contributed by atoms with Crippen LogP contribution in [0.15, 0.2) is 30.3 Å². The predicted molar refractivity (Wildman–Crippen MR) is 91.4 cm³/mol. The molecule has 1 unspecified atom stereocenters. The van der Waals surface area contributed by atoms with Gasteiger partial charge in [-0.15, -0.1) is 0 Å². The van der Waals surface area contributed by atoms with E-state index in [1.807, 2.05) is 4.90 Å². The molecule has 0 N–H and O–H groups in total. The van der Waals surface area contributed by atoms with E-state index in [4.69, 9.17) is 9.84 Å². The van der Waals surface area contributed by atoms with E-state index in [-0.39, 0.29) is 11.8 Å². The molecule has 2 aromatic rings. The maximum Gasteiger partial charge on any atom is 0.228 e. The molecule has 0 spiro atoms. The summed E-state index contributed by atoms with van der Waals surface area (Å²) in [6.07, 6.45) is 1.80. The number of aryl methyl sites for hydroxylation is 2. The number of fused-ring (bicyclic) bond motifs is 1. The van der Waals surface area contributed by atoms with Crippen LogP contribution in [0.2, 0.25) is 0 Å². The third-order valence-electron chi connectivity index (χ3n) is 4.95. The van der Waals surface area contributed by atoms with Gasteiger partial charge >= 0.3 is 0 Å². The zero-order valence-electron chi connectivity index (χ0n) is 14.1. The number of hydrogen-bond donors (Lipinski definition) is 0. The van der Waals surface area contributed by atoms with Gasteiger partial charge in [0.15, 0.2) is 0 Å². The molecule has 3 heterocycles. The molecule has 1 saturated heterocycles. The van der Waals surface area contributed by atoms with Crippen LogP contribution < -0.4 is 0 Å². The fraction of sp³-hybridized carbons (Fsp3) is 0.474. The Morgan fingerprint density at radius 3 is 2.83 bits per heavy atom. The highest BCUT2D eigenvalue weighted by molar-refractivity contribution is 5.79. The van der Waals surface area contributed by atoms with Crippen LogP contribution in [0.25, 0.3) is 11.3 Å². The van der Waals surface area contributed by atoms with Crippen LogP contribution in [0.4, 0.5) is 0 Å². The zero-order valence-corrected chi connectivity index (χ0v) is 14.1. The minimum absolute atomic E-state index is 0.0380. The number of ether oxygens (including phenoxy) is 1. The number of nitrogens with zero attached hydrogens (tertiary/aromatic N) is 3. The molecule has 0 aliphatic carbocycles. The second-order valence-corrected chi connectivity index (χ2v) is 6.78. The van der Waals surface area contributed by atoms with Gasteiger partial charge in [-0.25, -0.2) is 0 Å². The molecular formula is C19H23N3O2. The van der Waals surface area contributed by atoms with Crippen LogP contribution in [0.5, 0.6) is 0 Å². The summed E-state index contributed by atoms with van der Waals surface area (Å²) in [5.41, 5.74) is 4.48. The first-order chi connectivity index (χ1) is 11.7. The maximum atomic E-state index is 12.7. The first-order valence-corrected chi connectivity index (χ1v) is 8.71. The molecule has 0 saturated carbocycles. The fourth-order valence-electron chi connectivity index (χ4n) is 3.50. The molecule has 5 heteroatoms. The standard InChI is InChI=1S/C19H23N3O2/c1-14-3-5-15(6-4-14)18-11-17-12-21(8-2-9-22(17)20-18)19(23)16-7-10-24-13-16/h3-6,11,16H,2,7-10,12-13H2,1H3. The molecule has 2 aliphatic rings. The molecule has 126 valence electrons. The molecule has 2 aliphatic heterocycles. The summed E-state index contributed by atoms with van der Waals surface area (Å²) in [6, 6.07) is 10.6. The van der Waals surface area contributed by atoms with Crippen LogP contribution in [0.3, 0.4) is 0 Å². The van der Waals surface area contributed by atoms with Crippen molar-refractivity contribution in [3.8, 4) is 11.3 Å². The molecule has 24 heavy (non-hydrogen) atoms. The van der Waals surface area contributed by atoms with E-state index in [0.29, 0.717) is 19.8 Å². The van der Waals surface area contributed by atoms with Crippen molar-refractivity contribution in [2.75, 3.05) is 19.8 Å². The van der Waals surface area contributed by atoms with Crippen molar-refractivity contribution in [2.24, 2.45) is 5.92 Å². The quantitative estimate of drug-likeness (QED) is 0.853. The van der Waals surface area contributed by atoms with Gasteiger partial charge in [0.05, 0.1) is 30.5 Å². The first-order valence-electron chi connectivity index (χ1n) is 8.71. The van der Waals surface area contributed by atoms with Crippen LogP contribution in [-0.2, 0) is 22.6 Å². The highest BCUT2D eigenvalue weighted by Gasteiger charge is 2.29. The summed E-state index contributed by atoms with van der Waals surface area (Å²) < 4.78 is 7.44. The highest BCUT2D eigenvalue weighted by atomic mass is 16.5. The predicted octanol–water partition coefficient (Wildman–Crippen LogP) is 2.63. The lowest BCUT2D eigenvalue weighted by Crippen LogP contribution is -2.36. The normalized spacial score (nSPS) is 20.7. The Kier molecular flexibility index (Phi) is 4.10. The lowest BCUT2D eigenvalue weighted by Gasteiger charge is -2.22. The SMILES string of the molecule is Cc1ccc(-c2cc3n(n2)CCCN(C(=O)C2CCOC2)C3)cc1. The Hall–Kier alpha value is -2.14. The number of amides is 1. The molecule has 5 nitrogen and oxygen atoms in total. The van der Waals surface area contributed by atoms with Gasteiger partial charge in [-0.2, -0.15) is 5.10 Å². The van der Waals surface area contributed by atoms with Crippen molar-refractivity contribution in [2.45, 2.75) is 32.9 Å². The summed E-state index contributed by atoms with van der Waals surface area (Å²) in [5.74, 6) is 0.273. The van der Waals surface area contributed by atoms with E-state index in [9.17, 15) is 4.79 Å². The van der Waals surface area contributed by atoms with Crippen molar-refractivity contribution < 1.29 is 9.53 Å². The van der Waals surface area contributed by atoms with E-state index in [0.717, 1.165) is 42.9 Å². The largest absolute Gasteiger partial charge is 0.381 e. The number of hydrogen-bond acceptors (Lipinski definition) is 3. The smallest absolute Gasteiger partial charge is 0.228 e. The Labute approximate surface area is 142 Å². The van der Waals surface area contributed by atoms with Crippen molar-refractivity contribution in [3.05, 3.63) is 41.6 Å². The molecule has 1 aromatic heterocycles. The third kappa shape index (κ3) is 2.96.